The van der Waals surface area contributed by atoms with E-state index in [0.29, 0.717) is 0 Å². The van der Waals surface area contributed by atoms with Gasteiger partial charge in [0.1, 0.15) is 0 Å². The van der Waals surface area contributed by atoms with Gasteiger partial charge in [0.25, 0.3) is 0 Å². The van der Waals surface area contributed by atoms with Crippen LogP contribution in [0.25, 0.3) is 0 Å². The molecule has 2 aliphatic heterocycles. The molecule has 0 aliphatic carbocycles. The number of hydrogen-bond donors (Lipinski definition) is 0. The minimum atomic E-state index is -0.894. The van der Waals surface area contributed by atoms with Gasteiger partial charge < -0.3 is 4.90 Å². The first-order valence-corrected chi connectivity index (χ1v) is 8.02. The summed E-state index contributed by atoms with van der Waals surface area (Å²) in [5, 5.41) is 0. The Morgan fingerprint density at radius 2 is 2.05 bits per heavy atom. The molecular weight excluding hydrogens is 274 g/mol. The lowest BCUT2D eigenvalue weighted by Crippen LogP contribution is -2.20. The summed E-state index contributed by atoms with van der Waals surface area (Å²) in [7, 11) is -0.894. The van der Waals surface area contributed by atoms with E-state index in [2.05, 4.69) is 35.7 Å². The molecule has 0 aromatic heterocycles. The van der Waals surface area contributed by atoms with E-state index in [4.69, 9.17) is 0 Å². The zero-order valence-electron chi connectivity index (χ0n) is 10.1. The zero-order chi connectivity index (χ0) is 13.0. The maximum Gasteiger partial charge on any atom is 0.0897 e. The Bertz CT molecular complexity index is 739. The summed E-state index contributed by atoms with van der Waals surface area (Å²) in [5.74, 6) is 0. The topological polar surface area (TPSA) is 20.3 Å². The number of fused-ring (bicyclic) bond motifs is 4. The van der Waals surface area contributed by atoms with Crippen LogP contribution in [-0.2, 0) is 10.8 Å². The molecule has 4 heteroatoms. The van der Waals surface area contributed by atoms with E-state index in [1.165, 1.54) is 15.5 Å². The largest absolute Gasteiger partial charge is 0.335 e. The van der Waals surface area contributed by atoms with E-state index >= 15 is 0 Å². The molecule has 0 N–H and O–H groups in total. The first-order valence-electron chi connectivity index (χ1n) is 6.05. The fourth-order valence-electron chi connectivity index (χ4n) is 2.49. The van der Waals surface area contributed by atoms with Gasteiger partial charge in [0.2, 0.25) is 0 Å². The molecule has 2 aliphatic rings. The van der Waals surface area contributed by atoms with E-state index in [-0.39, 0.29) is 0 Å². The van der Waals surface area contributed by atoms with Gasteiger partial charge in [0.15, 0.2) is 0 Å². The fourth-order valence-corrected chi connectivity index (χ4v) is 4.82. The average molecular weight is 285 g/mol. The van der Waals surface area contributed by atoms with Gasteiger partial charge in [0, 0.05) is 16.3 Å². The molecule has 4 rings (SSSR count). The first kappa shape index (κ1) is 11.3. The van der Waals surface area contributed by atoms with Crippen LogP contribution in [0.4, 0.5) is 11.4 Å². The average Bonchev–Trinajstić information content (AvgIpc) is 3.09. The van der Waals surface area contributed by atoms with Gasteiger partial charge in [-0.3, -0.25) is 0 Å². The minimum absolute atomic E-state index is 0.734. The van der Waals surface area contributed by atoms with Crippen LogP contribution in [0.3, 0.4) is 0 Å². The molecule has 0 fully saturated rings. The van der Waals surface area contributed by atoms with Crippen LogP contribution in [0.15, 0.2) is 68.6 Å². The predicted molar refractivity (Wildman–Crippen MR) is 78.9 cm³/mol. The quantitative estimate of drug-likeness (QED) is 0.525. The van der Waals surface area contributed by atoms with E-state index in [1.54, 1.807) is 11.8 Å². The summed E-state index contributed by atoms with van der Waals surface area (Å²) in [6.07, 6.45) is 1.89. The fraction of sp³-hybridized carbons (Fsp3) is 0.0667. The van der Waals surface area contributed by atoms with Crippen LogP contribution >= 0.6 is 11.8 Å². The van der Waals surface area contributed by atoms with Crippen LogP contribution in [0, 0.1) is 0 Å². The number of nitrogens with zero attached hydrogens (tertiary/aromatic N) is 1. The third-order valence-electron chi connectivity index (χ3n) is 3.36. The van der Waals surface area contributed by atoms with Gasteiger partial charge in [-0.2, -0.15) is 0 Å². The van der Waals surface area contributed by atoms with Crippen molar-refractivity contribution >= 4 is 33.9 Å². The number of para-hydroxylation sites is 1. The maximum absolute atomic E-state index is 11.9. The summed E-state index contributed by atoms with van der Waals surface area (Å²) in [5.41, 5.74) is 2.29. The minimum Gasteiger partial charge on any atom is -0.335 e. The first-order chi connectivity index (χ1) is 9.31. The zero-order valence-corrected chi connectivity index (χ0v) is 11.8. The van der Waals surface area contributed by atoms with Crippen molar-refractivity contribution in [2.24, 2.45) is 0 Å². The van der Waals surface area contributed by atoms with E-state index in [1.807, 2.05) is 18.2 Å². The lowest BCUT2D eigenvalue weighted by molar-refractivity contribution is 0.692. The third kappa shape index (κ3) is 1.53. The van der Waals surface area contributed by atoms with Crippen molar-refractivity contribution in [2.45, 2.75) is 19.6 Å². The number of benzene rings is 2. The molecule has 0 saturated carbocycles. The van der Waals surface area contributed by atoms with Gasteiger partial charge in [-0.05, 0) is 24.3 Å². The Hall–Kier alpha value is -1.52. The smallest absolute Gasteiger partial charge is 0.0897 e. The highest BCUT2D eigenvalue weighted by atomic mass is 32.2. The molecule has 0 saturated heterocycles. The summed E-state index contributed by atoms with van der Waals surface area (Å²) in [6, 6.07) is 12.4. The lowest BCUT2D eigenvalue weighted by Gasteiger charge is -2.31. The molecule has 19 heavy (non-hydrogen) atoms. The second kappa shape index (κ2) is 3.99. The molecule has 94 valence electrons. The number of rotatable bonds is 2. The van der Waals surface area contributed by atoms with Gasteiger partial charge >= 0.3 is 0 Å². The Morgan fingerprint density at radius 1 is 1.21 bits per heavy atom. The van der Waals surface area contributed by atoms with Crippen LogP contribution < -0.4 is 4.90 Å². The van der Waals surface area contributed by atoms with E-state index < -0.39 is 10.8 Å². The molecule has 2 nitrogen and oxygen atoms in total. The SMILES string of the molecule is C=CCN1c2ccccc2Sc2ccc3c(c21)S3=O. The Labute approximate surface area is 118 Å². The normalized spacial score (nSPS) is 18.3. The van der Waals surface area contributed by atoms with Gasteiger partial charge in [-0.1, -0.05) is 30.0 Å². The van der Waals surface area contributed by atoms with Crippen LogP contribution in [0.1, 0.15) is 0 Å². The lowest BCUT2D eigenvalue weighted by atomic mass is 10.2. The maximum atomic E-state index is 11.9. The molecule has 1 unspecified atom stereocenters. The standard InChI is InChI=1S/C15H11NOS2/c1-2-9-16-10-5-3-4-6-11(10)18-12-7-8-13-15(14(12)16)19(13)17/h2-8H,1,9H2. The third-order valence-corrected chi connectivity index (χ3v) is 5.79. The molecule has 0 spiro atoms. The van der Waals surface area contributed by atoms with Crippen molar-refractivity contribution < 1.29 is 4.21 Å². The number of anilines is 2. The van der Waals surface area contributed by atoms with Gasteiger partial charge in [-0.15, -0.1) is 6.58 Å². The summed E-state index contributed by atoms with van der Waals surface area (Å²) in [6.45, 7) is 4.58. The summed E-state index contributed by atoms with van der Waals surface area (Å²) < 4.78 is 11.9. The highest BCUT2D eigenvalue weighted by Gasteiger charge is 2.38. The number of hydrogen-bond acceptors (Lipinski definition) is 3. The van der Waals surface area contributed by atoms with E-state index in [9.17, 15) is 4.21 Å². The molecule has 2 aromatic carbocycles. The summed E-state index contributed by atoms with van der Waals surface area (Å²) in [4.78, 5) is 6.63. The van der Waals surface area contributed by atoms with Crippen molar-refractivity contribution in [3.63, 3.8) is 0 Å². The highest BCUT2D eigenvalue weighted by molar-refractivity contribution is 8.00. The molecule has 0 radical (unpaired) electrons. The molecule has 0 amide bonds. The van der Waals surface area contributed by atoms with Crippen LogP contribution in [0.2, 0.25) is 0 Å². The van der Waals surface area contributed by atoms with Crippen molar-refractivity contribution in [1.29, 1.82) is 0 Å². The second-order valence-corrected chi connectivity index (χ2v) is 6.95. The molecule has 2 aromatic rings. The molecule has 0 bridgehead atoms. The van der Waals surface area contributed by atoms with Crippen LogP contribution in [0.5, 0.6) is 0 Å². The molecular formula is C15H11NOS2. The Kier molecular flexibility index (Phi) is 2.37. The highest BCUT2D eigenvalue weighted by Crippen LogP contribution is 2.55. The van der Waals surface area contributed by atoms with Crippen molar-refractivity contribution in [3.8, 4) is 0 Å². The van der Waals surface area contributed by atoms with Crippen molar-refractivity contribution in [1.82, 2.24) is 0 Å². The Morgan fingerprint density at radius 3 is 2.89 bits per heavy atom. The molecule has 2 heterocycles. The van der Waals surface area contributed by atoms with Crippen LogP contribution in [-0.4, -0.2) is 10.8 Å². The van der Waals surface area contributed by atoms with Gasteiger partial charge in [0.05, 0.1) is 32.0 Å². The second-order valence-electron chi connectivity index (χ2n) is 4.48. The van der Waals surface area contributed by atoms with E-state index in [0.717, 1.165) is 22.0 Å². The van der Waals surface area contributed by atoms with Gasteiger partial charge in [-0.25, -0.2) is 4.21 Å². The van der Waals surface area contributed by atoms with Crippen molar-refractivity contribution in [2.75, 3.05) is 11.4 Å². The Balaban J connectivity index is 1.96. The summed E-state index contributed by atoms with van der Waals surface area (Å²) >= 11 is 1.75. The monoisotopic (exact) mass is 285 g/mol. The van der Waals surface area contributed by atoms with Crippen molar-refractivity contribution in [3.05, 3.63) is 49.1 Å². The predicted octanol–water partition coefficient (Wildman–Crippen LogP) is 3.96. The molecule has 1 atom stereocenters.